The van der Waals surface area contributed by atoms with Crippen LogP contribution in [0.1, 0.15) is 11.6 Å². The van der Waals surface area contributed by atoms with E-state index in [9.17, 15) is 8.78 Å². The summed E-state index contributed by atoms with van der Waals surface area (Å²) in [6.45, 7) is 0. The van der Waals surface area contributed by atoms with Crippen LogP contribution in [0.25, 0.3) is 0 Å². The highest BCUT2D eigenvalue weighted by Crippen LogP contribution is 2.30. The van der Waals surface area contributed by atoms with E-state index in [2.05, 4.69) is 37.3 Å². The molecule has 0 spiro atoms. The molecule has 0 aliphatic rings. The van der Waals surface area contributed by atoms with Crippen LogP contribution >= 0.6 is 43.6 Å². The van der Waals surface area contributed by atoms with Crippen LogP contribution in [0.5, 0.6) is 0 Å². The van der Waals surface area contributed by atoms with E-state index < -0.39 is 17.7 Å². The zero-order chi connectivity index (χ0) is 15.4. The molecule has 0 amide bonds. The normalized spacial score (nSPS) is 12.4. The molecule has 112 valence electrons. The molecule has 0 bridgehead atoms. The Morgan fingerprint density at radius 2 is 1.76 bits per heavy atom. The first kappa shape index (κ1) is 16.9. The minimum atomic E-state index is -0.630. The number of rotatable bonds is 5. The van der Waals surface area contributed by atoms with Crippen molar-refractivity contribution in [2.24, 2.45) is 5.84 Å². The summed E-state index contributed by atoms with van der Waals surface area (Å²) in [5.41, 5.74) is 2.42. The van der Waals surface area contributed by atoms with Crippen LogP contribution in [0.4, 0.5) is 8.78 Å². The maximum Gasteiger partial charge on any atom is 0.145 e. The van der Waals surface area contributed by atoms with Gasteiger partial charge in [-0.3, -0.25) is 11.3 Å². The van der Waals surface area contributed by atoms with Gasteiger partial charge in [-0.15, -0.1) is 11.8 Å². The molecule has 0 aliphatic carbocycles. The van der Waals surface area contributed by atoms with Crippen molar-refractivity contribution in [3.05, 3.63) is 62.5 Å². The number of halogens is 4. The molecular weight excluding hydrogens is 426 g/mol. The van der Waals surface area contributed by atoms with Gasteiger partial charge < -0.3 is 0 Å². The van der Waals surface area contributed by atoms with E-state index in [1.807, 2.05) is 24.3 Å². The first-order valence-corrected chi connectivity index (χ1v) is 8.58. The van der Waals surface area contributed by atoms with Crippen molar-refractivity contribution in [1.29, 1.82) is 0 Å². The quantitative estimate of drug-likeness (QED) is 0.305. The minimum Gasteiger partial charge on any atom is -0.271 e. The topological polar surface area (TPSA) is 38.0 Å². The molecule has 0 fully saturated rings. The summed E-state index contributed by atoms with van der Waals surface area (Å²) in [4.78, 5) is 0.995. The van der Waals surface area contributed by atoms with E-state index in [1.54, 1.807) is 0 Å². The third-order valence-electron chi connectivity index (χ3n) is 2.86. The highest BCUT2D eigenvalue weighted by Gasteiger charge is 2.21. The largest absolute Gasteiger partial charge is 0.271 e. The van der Waals surface area contributed by atoms with E-state index in [1.165, 1.54) is 23.9 Å². The van der Waals surface area contributed by atoms with Gasteiger partial charge >= 0.3 is 0 Å². The predicted molar refractivity (Wildman–Crippen MR) is 89.0 cm³/mol. The number of hydrogen-bond donors (Lipinski definition) is 2. The highest BCUT2D eigenvalue weighted by atomic mass is 79.9. The molecule has 2 aromatic carbocycles. The SMILES string of the molecule is NNC(CSc1ccc(Br)cc1)c1c(F)ccc(Br)c1F. The third kappa shape index (κ3) is 4.26. The number of nitrogens with two attached hydrogens (primary N) is 1. The number of nitrogens with one attached hydrogen (secondary N) is 1. The van der Waals surface area contributed by atoms with Gasteiger partial charge in [0.05, 0.1) is 10.5 Å². The van der Waals surface area contributed by atoms with Crippen LogP contribution in [0.15, 0.2) is 50.2 Å². The Hall–Kier alpha value is -0.470. The minimum absolute atomic E-state index is 0.0588. The van der Waals surface area contributed by atoms with Crippen LogP contribution < -0.4 is 11.3 Å². The van der Waals surface area contributed by atoms with Gasteiger partial charge in [-0.25, -0.2) is 8.78 Å². The first-order valence-electron chi connectivity index (χ1n) is 6.01. The maximum absolute atomic E-state index is 14.1. The summed E-state index contributed by atoms with van der Waals surface area (Å²) in [5, 5.41) is 0. The lowest BCUT2D eigenvalue weighted by Crippen LogP contribution is -2.31. The average molecular weight is 438 g/mol. The lowest BCUT2D eigenvalue weighted by atomic mass is 10.1. The van der Waals surface area contributed by atoms with Crippen molar-refractivity contribution in [3.8, 4) is 0 Å². The van der Waals surface area contributed by atoms with Gasteiger partial charge in [0.2, 0.25) is 0 Å². The second-order valence-corrected chi connectivity index (χ2v) is 7.10. The Kier molecular flexibility index (Phi) is 6.19. The van der Waals surface area contributed by atoms with Gasteiger partial charge in [0.1, 0.15) is 11.6 Å². The molecule has 0 heterocycles. The molecule has 0 radical (unpaired) electrons. The van der Waals surface area contributed by atoms with Gasteiger partial charge in [0.25, 0.3) is 0 Å². The second kappa shape index (κ2) is 7.69. The Morgan fingerprint density at radius 3 is 2.38 bits per heavy atom. The van der Waals surface area contributed by atoms with E-state index in [-0.39, 0.29) is 10.0 Å². The molecule has 0 aliphatic heterocycles. The van der Waals surface area contributed by atoms with Gasteiger partial charge in [-0.05, 0) is 52.3 Å². The fraction of sp³-hybridized carbons (Fsp3) is 0.143. The molecule has 0 aromatic heterocycles. The Labute approximate surface area is 142 Å². The fourth-order valence-corrected chi connectivity index (χ4v) is 3.35. The van der Waals surface area contributed by atoms with Gasteiger partial charge in [0.15, 0.2) is 0 Å². The standard InChI is InChI=1S/C14H12Br2F2N2S/c15-8-1-3-9(4-2-8)21-7-12(20-19)13-11(17)6-5-10(16)14(13)18/h1-6,12,20H,7,19H2. The lowest BCUT2D eigenvalue weighted by Gasteiger charge is -2.18. The van der Waals surface area contributed by atoms with Crippen molar-refractivity contribution in [1.82, 2.24) is 5.43 Å². The van der Waals surface area contributed by atoms with Crippen LogP contribution in [-0.4, -0.2) is 5.75 Å². The maximum atomic E-state index is 14.1. The molecule has 1 atom stereocenters. The highest BCUT2D eigenvalue weighted by molar-refractivity contribution is 9.10. The first-order chi connectivity index (χ1) is 10.0. The number of hydrogen-bond acceptors (Lipinski definition) is 3. The fourth-order valence-electron chi connectivity index (χ4n) is 1.79. The summed E-state index contributed by atoms with van der Waals surface area (Å²) < 4.78 is 29.1. The molecule has 21 heavy (non-hydrogen) atoms. The summed E-state index contributed by atoms with van der Waals surface area (Å²) in [5.74, 6) is 4.62. The van der Waals surface area contributed by atoms with Crippen molar-refractivity contribution < 1.29 is 8.78 Å². The van der Waals surface area contributed by atoms with E-state index in [0.717, 1.165) is 9.37 Å². The third-order valence-corrected chi connectivity index (χ3v) is 5.11. The molecule has 3 N–H and O–H groups in total. The van der Waals surface area contributed by atoms with Gasteiger partial charge in [-0.2, -0.15) is 0 Å². The molecule has 2 nitrogen and oxygen atoms in total. The molecule has 2 rings (SSSR count). The van der Waals surface area contributed by atoms with Crippen molar-refractivity contribution in [3.63, 3.8) is 0 Å². The molecule has 7 heteroatoms. The van der Waals surface area contributed by atoms with Crippen LogP contribution in [0.3, 0.4) is 0 Å². The molecular formula is C14H12Br2F2N2S. The smallest absolute Gasteiger partial charge is 0.145 e. The van der Waals surface area contributed by atoms with Gasteiger partial charge in [-0.1, -0.05) is 15.9 Å². The Morgan fingerprint density at radius 1 is 1.10 bits per heavy atom. The monoisotopic (exact) mass is 436 g/mol. The summed E-state index contributed by atoms with van der Waals surface area (Å²) in [6, 6.07) is 9.60. The molecule has 0 saturated heterocycles. The van der Waals surface area contributed by atoms with E-state index in [4.69, 9.17) is 5.84 Å². The number of thioether (sulfide) groups is 1. The zero-order valence-electron chi connectivity index (χ0n) is 10.7. The van der Waals surface area contributed by atoms with Gasteiger partial charge in [0, 0.05) is 20.7 Å². The Bertz CT molecular complexity index is 623. The van der Waals surface area contributed by atoms with E-state index in [0.29, 0.717) is 5.75 Å². The van der Waals surface area contributed by atoms with E-state index >= 15 is 0 Å². The summed E-state index contributed by atoms with van der Waals surface area (Å²) >= 11 is 7.88. The zero-order valence-corrected chi connectivity index (χ0v) is 14.7. The van der Waals surface area contributed by atoms with Crippen molar-refractivity contribution >= 4 is 43.6 Å². The lowest BCUT2D eigenvalue weighted by molar-refractivity contribution is 0.497. The summed E-state index contributed by atoms with van der Waals surface area (Å²) in [6.07, 6.45) is 0. The number of hydrazine groups is 1. The second-order valence-electron chi connectivity index (χ2n) is 4.24. The van der Waals surface area contributed by atoms with Crippen molar-refractivity contribution in [2.75, 3.05) is 5.75 Å². The van der Waals surface area contributed by atoms with Crippen LogP contribution in [0, 0.1) is 11.6 Å². The predicted octanol–water partition coefficient (Wildman–Crippen LogP) is 4.79. The molecule has 0 saturated carbocycles. The average Bonchev–Trinajstić information content (AvgIpc) is 2.48. The Balaban J connectivity index is 2.17. The molecule has 1 unspecified atom stereocenters. The van der Waals surface area contributed by atoms with Crippen LogP contribution in [0.2, 0.25) is 0 Å². The van der Waals surface area contributed by atoms with Crippen LogP contribution in [-0.2, 0) is 0 Å². The van der Waals surface area contributed by atoms with Crippen molar-refractivity contribution in [2.45, 2.75) is 10.9 Å². The molecule has 2 aromatic rings. The number of benzene rings is 2. The summed E-state index contributed by atoms with van der Waals surface area (Å²) in [7, 11) is 0.